The molecule has 0 aromatic heterocycles. The van der Waals surface area contributed by atoms with E-state index in [2.05, 4.69) is 30.9 Å². The van der Waals surface area contributed by atoms with Gasteiger partial charge in [-0.1, -0.05) is 30.3 Å². The Morgan fingerprint density at radius 1 is 1.00 bits per heavy atom. The summed E-state index contributed by atoms with van der Waals surface area (Å²) in [7, 11) is 1.83. The molecule has 1 amide bonds. The molecule has 0 saturated carbocycles. The fraction of sp³-hybridized carbons (Fsp3) is 0.238. The van der Waals surface area contributed by atoms with E-state index in [0.29, 0.717) is 10.8 Å². The molecule has 1 aliphatic heterocycles. The van der Waals surface area contributed by atoms with E-state index >= 15 is 0 Å². The van der Waals surface area contributed by atoms with Gasteiger partial charge in [0.25, 0.3) is 5.91 Å². The summed E-state index contributed by atoms with van der Waals surface area (Å²) in [5.41, 5.74) is 3.53. The summed E-state index contributed by atoms with van der Waals surface area (Å²) in [5.74, 6) is -0.100. The molecule has 0 radical (unpaired) electrons. The number of anilines is 2. The molecule has 4 nitrogen and oxygen atoms in total. The molecule has 1 heterocycles. The molecule has 134 valence electrons. The molecule has 3 rings (SSSR count). The Balaban J connectivity index is 1.89. The summed E-state index contributed by atoms with van der Waals surface area (Å²) >= 11 is 5.49. The van der Waals surface area contributed by atoms with E-state index in [1.165, 1.54) is 5.69 Å². The lowest BCUT2D eigenvalue weighted by atomic mass is 10.1. The number of hydrogen-bond acceptors (Lipinski definition) is 3. The molecular formula is C21H23N3OS. The molecule has 1 saturated heterocycles. The van der Waals surface area contributed by atoms with Crippen LogP contribution >= 0.6 is 12.2 Å². The van der Waals surface area contributed by atoms with Crippen LogP contribution in [-0.4, -0.2) is 36.1 Å². The summed E-state index contributed by atoms with van der Waals surface area (Å²) in [6.07, 6.45) is 1.89. The van der Waals surface area contributed by atoms with Crippen LogP contribution < -0.4 is 9.80 Å². The minimum Gasteiger partial charge on any atom is -0.372 e. The van der Waals surface area contributed by atoms with Crippen molar-refractivity contribution >= 4 is 40.7 Å². The first-order valence-electron chi connectivity index (χ1n) is 8.80. The van der Waals surface area contributed by atoms with E-state index in [1.807, 2.05) is 55.6 Å². The molecule has 5 heteroatoms. The molecule has 1 fully saturated rings. The normalized spacial score (nSPS) is 15.9. The first-order chi connectivity index (χ1) is 12.6. The second-order valence-electron chi connectivity index (χ2n) is 6.11. The number of rotatable bonds is 5. The standard InChI is InChI=1S/C21H23N3OS/c1-4-23(5-2)17-13-11-16(12-14-17)15-19-20(25)24(21(26)22(19)3)18-9-7-6-8-10-18/h6-15H,4-5H2,1-3H3/b19-15+. The Labute approximate surface area is 160 Å². The predicted octanol–water partition coefficient (Wildman–Crippen LogP) is 4.14. The maximum Gasteiger partial charge on any atom is 0.281 e. The Morgan fingerprint density at radius 3 is 2.19 bits per heavy atom. The van der Waals surface area contributed by atoms with Crippen LogP contribution in [0, 0.1) is 0 Å². The van der Waals surface area contributed by atoms with Crippen molar-refractivity contribution in [2.45, 2.75) is 13.8 Å². The number of hydrogen-bond donors (Lipinski definition) is 0. The molecule has 0 aliphatic carbocycles. The molecule has 0 atom stereocenters. The summed E-state index contributed by atoms with van der Waals surface area (Å²) in [6.45, 7) is 6.23. The fourth-order valence-electron chi connectivity index (χ4n) is 3.09. The van der Waals surface area contributed by atoms with Gasteiger partial charge in [-0.3, -0.25) is 9.69 Å². The number of carbonyl (C=O) groups is 1. The van der Waals surface area contributed by atoms with Gasteiger partial charge in [-0.25, -0.2) is 0 Å². The van der Waals surface area contributed by atoms with E-state index in [9.17, 15) is 4.79 Å². The van der Waals surface area contributed by atoms with E-state index in [1.54, 1.807) is 9.80 Å². The fourth-order valence-corrected chi connectivity index (χ4v) is 3.38. The average Bonchev–Trinajstić information content (AvgIpc) is 2.88. The molecule has 0 unspecified atom stereocenters. The third-order valence-corrected chi connectivity index (χ3v) is 5.06. The Hall–Kier alpha value is -2.66. The van der Waals surface area contributed by atoms with E-state index in [-0.39, 0.29) is 5.91 Å². The topological polar surface area (TPSA) is 26.8 Å². The highest BCUT2D eigenvalue weighted by atomic mass is 32.1. The van der Waals surface area contributed by atoms with Crippen molar-refractivity contribution in [1.82, 2.24) is 4.90 Å². The van der Waals surface area contributed by atoms with Crippen LogP contribution in [0.15, 0.2) is 60.3 Å². The number of nitrogens with zero attached hydrogens (tertiary/aromatic N) is 3. The van der Waals surface area contributed by atoms with E-state index < -0.39 is 0 Å². The molecule has 1 aliphatic rings. The van der Waals surface area contributed by atoms with Crippen LogP contribution in [0.5, 0.6) is 0 Å². The molecule has 26 heavy (non-hydrogen) atoms. The number of amides is 1. The zero-order valence-electron chi connectivity index (χ0n) is 15.3. The Morgan fingerprint density at radius 2 is 1.62 bits per heavy atom. The van der Waals surface area contributed by atoms with Crippen molar-refractivity contribution in [2.24, 2.45) is 0 Å². The first kappa shape index (κ1) is 18.1. The van der Waals surface area contributed by atoms with Crippen molar-refractivity contribution in [3.8, 4) is 0 Å². The highest BCUT2D eigenvalue weighted by molar-refractivity contribution is 7.80. The zero-order valence-corrected chi connectivity index (χ0v) is 16.2. The van der Waals surface area contributed by atoms with Crippen molar-refractivity contribution in [2.75, 3.05) is 29.9 Å². The van der Waals surface area contributed by atoms with Crippen LogP contribution in [0.4, 0.5) is 11.4 Å². The van der Waals surface area contributed by atoms with E-state index in [4.69, 9.17) is 12.2 Å². The zero-order chi connectivity index (χ0) is 18.7. The number of likely N-dealkylation sites (N-methyl/N-ethyl adjacent to an activating group) is 1. The van der Waals surface area contributed by atoms with Crippen LogP contribution in [-0.2, 0) is 4.79 Å². The highest BCUT2D eigenvalue weighted by Gasteiger charge is 2.36. The van der Waals surface area contributed by atoms with Gasteiger partial charge in [0.1, 0.15) is 5.70 Å². The van der Waals surface area contributed by atoms with Crippen molar-refractivity contribution in [3.05, 3.63) is 65.9 Å². The molecule has 0 spiro atoms. The number of benzene rings is 2. The summed E-state index contributed by atoms with van der Waals surface area (Å²) < 4.78 is 0. The lowest BCUT2D eigenvalue weighted by Gasteiger charge is -2.21. The van der Waals surface area contributed by atoms with Gasteiger partial charge in [-0.2, -0.15) is 0 Å². The van der Waals surface area contributed by atoms with Gasteiger partial charge in [0.05, 0.1) is 5.69 Å². The lowest BCUT2D eigenvalue weighted by Crippen LogP contribution is -2.30. The first-order valence-corrected chi connectivity index (χ1v) is 9.21. The van der Waals surface area contributed by atoms with Crippen LogP contribution in [0.1, 0.15) is 19.4 Å². The van der Waals surface area contributed by atoms with Crippen molar-refractivity contribution in [1.29, 1.82) is 0 Å². The van der Waals surface area contributed by atoms with Gasteiger partial charge in [-0.15, -0.1) is 0 Å². The average molecular weight is 366 g/mol. The molecule has 0 N–H and O–H groups in total. The number of thiocarbonyl (C=S) groups is 1. The largest absolute Gasteiger partial charge is 0.372 e. The third-order valence-electron chi connectivity index (χ3n) is 4.60. The minimum absolute atomic E-state index is 0.100. The van der Waals surface area contributed by atoms with Crippen LogP contribution in [0.2, 0.25) is 0 Å². The summed E-state index contributed by atoms with van der Waals surface area (Å²) in [6, 6.07) is 17.8. The summed E-state index contributed by atoms with van der Waals surface area (Å²) in [4.78, 5) is 18.5. The second kappa shape index (κ2) is 7.70. The predicted molar refractivity (Wildman–Crippen MR) is 112 cm³/mol. The smallest absolute Gasteiger partial charge is 0.281 e. The van der Waals surface area contributed by atoms with Crippen molar-refractivity contribution in [3.63, 3.8) is 0 Å². The third kappa shape index (κ3) is 3.35. The van der Waals surface area contributed by atoms with Gasteiger partial charge in [-0.05, 0) is 62.0 Å². The maximum atomic E-state index is 12.9. The van der Waals surface area contributed by atoms with Gasteiger partial charge in [0.2, 0.25) is 0 Å². The quantitative estimate of drug-likeness (QED) is 0.588. The van der Waals surface area contributed by atoms with Gasteiger partial charge in [0.15, 0.2) is 5.11 Å². The Kier molecular flexibility index (Phi) is 5.38. The van der Waals surface area contributed by atoms with Crippen molar-refractivity contribution < 1.29 is 4.79 Å². The van der Waals surface area contributed by atoms with Gasteiger partial charge in [0, 0.05) is 25.8 Å². The molecule has 2 aromatic rings. The SMILES string of the molecule is CCN(CC)c1ccc(/C=C2\C(=O)N(c3ccccc3)C(=S)N2C)cc1. The van der Waals surface area contributed by atoms with Crippen LogP contribution in [0.3, 0.4) is 0 Å². The minimum atomic E-state index is -0.100. The highest BCUT2D eigenvalue weighted by Crippen LogP contribution is 2.28. The molecule has 0 bridgehead atoms. The lowest BCUT2D eigenvalue weighted by molar-refractivity contribution is -0.114. The molecular weight excluding hydrogens is 342 g/mol. The van der Waals surface area contributed by atoms with Gasteiger partial charge >= 0.3 is 0 Å². The monoisotopic (exact) mass is 365 g/mol. The van der Waals surface area contributed by atoms with Crippen LogP contribution in [0.25, 0.3) is 6.08 Å². The van der Waals surface area contributed by atoms with E-state index in [0.717, 1.165) is 24.3 Å². The maximum absolute atomic E-state index is 12.9. The summed E-state index contributed by atoms with van der Waals surface area (Å²) in [5, 5.41) is 0.493. The Bertz CT molecular complexity index is 826. The number of para-hydroxylation sites is 1. The molecule has 2 aromatic carbocycles. The second-order valence-corrected chi connectivity index (χ2v) is 6.48. The number of carbonyl (C=O) groups excluding carboxylic acids is 1. The van der Waals surface area contributed by atoms with Gasteiger partial charge < -0.3 is 9.80 Å².